The number of rotatable bonds is 5. The SMILES string of the molecule is N#C/C(=N\Nc1ccc2nc(CN3CCCCC3)[nH]c2c1)C(=N)N. The number of likely N-dealkylation sites (tertiary alicyclic amines) is 1. The van der Waals surface area contributed by atoms with E-state index < -0.39 is 0 Å². The summed E-state index contributed by atoms with van der Waals surface area (Å²) in [4.78, 5) is 10.4. The van der Waals surface area contributed by atoms with Crippen LogP contribution in [0.4, 0.5) is 5.69 Å². The first-order valence-electron chi connectivity index (χ1n) is 7.95. The zero-order chi connectivity index (χ0) is 16.9. The van der Waals surface area contributed by atoms with Gasteiger partial charge >= 0.3 is 0 Å². The summed E-state index contributed by atoms with van der Waals surface area (Å²) in [6.07, 6.45) is 3.82. The predicted molar refractivity (Wildman–Crippen MR) is 93.8 cm³/mol. The Balaban J connectivity index is 1.74. The number of hydrogen-bond donors (Lipinski definition) is 4. The maximum Gasteiger partial charge on any atom is 0.201 e. The van der Waals surface area contributed by atoms with Gasteiger partial charge in [0.2, 0.25) is 5.71 Å². The third kappa shape index (κ3) is 3.70. The molecule has 1 aliphatic heterocycles. The number of benzene rings is 1. The molecular formula is C16H20N8. The van der Waals surface area contributed by atoms with Crippen molar-refractivity contribution in [3.05, 3.63) is 24.0 Å². The van der Waals surface area contributed by atoms with Crippen molar-refractivity contribution in [1.82, 2.24) is 14.9 Å². The Morgan fingerprint density at radius 2 is 2.21 bits per heavy atom. The average Bonchev–Trinajstić information content (AvgIpc) is 2.97. The molecule has 8 nitrogen and oxygen atoms in total. The molecule has 2 aromatic rings. The molecular weight excluding hydrogens is 304 g/mol. The minimum atomic E-state index is -0.364. The Kier molecular flexibility index (Phi) is 4.72. The van der Waals surface area contributed by atoms with Crippen molar-refractivity contribution in [3.63, 3.8) is 0 Å². The molecule has 8 heteroatoms. The van der Waals surface area contributed by atoms with E-state index in [1.807, 2.05) is 18.2 Å². The Labute approximate surface area is 139 Å². The smallest absolute Gasteiger partial charge is 0.201 e. The van der Waals surface area contributed by atoms with Crippen molar-refractivity contribution in [3.8, 4) is 6.07 Å². The van der Waals surface area contributed by atoms with Crippen molar-refractivity contribution in [2.45, 2.75) is 25.8 Å². The Morgan fingerprint density at radius 1 is 1.42 bits per heavy atom. The van der Waals surface area contributed by atoms with Crippen LogP contribution in [0.15, 0.2) is 23.3 Å². The summed E-state index contributed by atoms with van der Waals surface area (Å²) in [6.45, 7) is 3.08. The number of aromatic amines is 1. The zero-order valence-electron chi connectivity index (χ0n) is 13.3. The number of nitrogens with two attached hydrogens (primary N) is 1. The number of nitriles is 1. The second kappa shape index (κ2) is 7.10. The lowest BCUT2D eigenvalue weighted by Crippen LogP contribution is -2.29. The van der Waals surface area contributed by atoms with Crippen LogP contribution in [0.3, 0.4) is 0 Å². The third-order valence-corrected chi connectivity index (χ3v) is 4.01. The van der Waals surface area contributed by atoms with Crippen LogP contribution in [0.2, 0.25) is 0 Å². The third-order valence-electron chi connectivity index (χ3n) is 4.01. The second-order valence-corrected chi connectivity index (χ2v) is 5.85. The van der Waals surface area contributed by atoms with Crippen molar-refractivity contribution in [1.29, 1.82) is 10.7 Å². The number of imidazole rings is 1. The molecule has 3 rings (SSSR count). The van der Waals surface area contributed by atoms with Gasteiger partial charge in [-0.3, -0.25) is 15.7 Å². The normalized spacial score (nSPS) is 16.0. The van der Waals surface area contributed by atoms with E-state index in [9.17, 15) is 0 Å². The summed E-state index contributed by atoms with van der Waals surface area (Å²) in [7, 11) is 0. The largest absolute Gasteiger partial charge is 0.382 e. The standard InChI is InChI=1S/C16H20N8/c17-9-14(16(18)19)23-22-11-4-5-12-13(8-11)21-15(20-12)10-24-6-2-1-3-7-24/h4-5,8,22H,1-3,6-7,10H2,(H3,18,19)(H,20,21)/b23-14+. The lowest BCUT2D eigenvalue weighted by atomic mass is 10.1. The van der Waals surface area contributed by atoms with Gasteiger partial charge in [-0.25, -0.2) is 4.98 Å². The Morgan fingerprint density at radius 3 is 2.92 bits per heavy atom. The van der Waals surface area contributed by atoms with E-state index in [-0.39, 0.29) is 11.5 Å². The molecule has 1 aromatic carbocycles. The number of aromatic nitrogens is 2. The van der Waals surface area contributed by atoms with Gasteiger partial charge in [0, 0.05) is 0 Å². The van der Waals surface area contributed by atoms with Gasteiger partial charge in [-0.2, -0.15) is 10.4 Å². The number of H-pyrrole nitrogens is 1. The number of amidine groups is 1. The first kappa shape index (κ1) is 16.0. The van der Waals surface area contributed by atoms with Crippen LogP contribution in [-0.4, -0.2) is 39.5 Å². The topological polar surface area (TPSA) is 130 Å². The summed E-state index contributed by atoms with van der Waals surface area (Å²) in [6, 6.07) is 7.36. The molecule has 0 saturated carbocycles. The van der Waals surface area contributed by atoms with E-state index >= 15 is 0 Å². The Bertz CT molecular complexity index is 807. The van der Waals surface area contributed by atoms with Crippen molar-refractivity contribution in [2.75, 3.05) is 18.5 Å². The number of fused-ring (bicyclic) bond motifs is 1. The first-order chi connectivity index (χ1) is 11.7. The van der Waals surface area contributed by atoms with Crippen molar-refractivity contribution >= 4 is 28.3 Å². The van der Waals surface area contributed by atoms with Gasteiger partial charge in [0.05, 0.1) is 23.3 Å². The van der Waals surface area contributed by atoms with Crippen LogP contribution >= 0.6 is 0 Å². The van der Waals surface area contributed by atoms with Crippen molar-refractivity contribution < 1.29 is 0 Å². The molecule has 1 aliphatic rings. The van der Waals surface area contributed by atoms with Gasteiger partial charge < -0.3 is 10.7 Å². The van der Waals surface area contributed by atoms with E-state index in [0.29, 0.717) is 5.69 Å². The van der Waals surface area contributed by atoms with E-state index in [2.05, 4.69) is 25.4 Å². The first-order valence-corrected chi connectivity index (χ1v) is 7.95. The minimum absolute atomic E-state index is 0.148. The molecule has 0 amide bonds. The minimum Gasteiger partial charge on any atom is -0.382 e. The molecule has 0 atom stereocenters. The average molecular weight is 324 g/mol. The fourth-order valence-electron chi connectivity index (χ4n) is 2.80. The lowest BCUT2D eigenvalue weighted by Gasteiger charge is -2.25. The molecule has 0 bridgehead atoms. The Hall–Kier alpha value is -2.92. The number of piperidine rings is 1. The fourth-order valence-corrected chi connectivity index (χ4v) is 2.80. The lowest BCUT2D eigenvalue weighted by molar-refractivity contribution is 0.216. The predicted octanol–water partition coefficient (Wildman–Crippen LogP) is 1.78. The summed E-state index contributed by atoms with van der Waals surface area (Å²) in [5.74, 6) is 0.588. The highest BCUT2D eigenvalue weighted by molar-refractivity contribution is 6.45. The van der Waals surface area contributed by atoms with E-state index in [4.69, 9.17) is 16.4 Å². The summed E-state index contributed by atoms with van der Waals surface area (Å²) in [5.41, 5.74) is 10.4. The molecule has 0 spiro atoms. The highest BCUT2D eigenvalue weighted by Crippen LogP contribution is 2.19. The summed E-state index contributed by atoms with van der Waals surface area (Å²) >= 11 is 0. The summed E-state index contributed by atoms with van der Waals surface area (Å²) < 4.78 is 0. The number of nitrogens with zero attached hydrogens (tertiary/aromatic N) is 4. The highest BCUT2D eigenvalue weighted by atomic mass is 15.3. The molecule has 1 aromatic heterocycles. The van der Waals surface area contributed by atoms with Gasteiger partial charge in [0.25, 0.3) is 0 Å². The van der Waals surface area contributed by atoms with Crippen LogP contribution in [0.1, 0.15) is 25.1 Å². The molecule has 24 heavy (non-hydrogen) atoms. The molecule has 1 fully saturated rings. The van der Waals surface area contributed by atoms with E-state index in [1.54, 1.807) is 6.07 Å². The number of hydrogen-bond acceptors (Lipinski definition) is 6. The number of anilines is 1. The number of nitrogens with one attached hydrogen (secondary N) is 3. The molecule has 1 saturated heterocycles. The monoisotopic (exact) mass is 324 g/mol. The maximum atomic E-state index is 8.84. The van der Waals surface area contributed by atoms with E-state index in [1.165, 1.54) is 19.3 Å². The van der Waals surface area contributed by atoms with Crippen LogP contribution in [0.5, 0.6) is 0 Å². The second-order valence-electron chi connectivity index (χ2n) is 5.85. The van der Waals surface area contributed by atoms with Gasteiger partial charge in [-0.05, 0) is 44.1 Å². The molecule has 0 unspecified atom stereocenters. The quantitative estimate of drug-likeness (QED) is 0.378. The molecule has 5 N–H and O–H groups in total. The number of hydrazone groups is 1. The van der Waals surface area contributed by atoms with E-state index in [0.717, 1.165) is 36.5 Å². The van der Waals surface area contributed by atoms with Gasteiger partial charge in [0.15, 0.2) is 5.84 Å². The summed E-state index contributed by atoms with van der Waals surface area (Å²) in [5, 5.41) is 19.9. The fraction of sp³-hybridized carbons (Fsp3) is 0.375. The van der Waals surface area contributed by atoms with Crippen LogP contribution < -0.4 is 11.2 Å². The highest BCUT2D eigenvalue weighted by Gasteiger charge is 2.12. The maximum absolute atomic E-state index is 8.84. The molecule has 2 heterocycles. The van der Waals surface area contributed by atoms with Crippen LogP contribution in [0, 0.1) is 16.7 Å². The molecule has 124 valence electrons. The van der Waals surface area contributed by atoms with Gasteiger partial charge in [-0.1, -0.05) is 6.42 Å². The zero-order valence-corrected chi connectivity index (χ0v) is 13.3. The van der Waals surface area contributed by atoms with Gasteiger partial charge in [0.1, 0.15) is 11.9 Å². The van der Waals surface area contributed by atoms with Crippen LogP contribution in [-0.2, 0) is 6.54 Å². The molecule has 0 radical (unpaired) electrons. The molecule has 0 aliphatic carbocycles. The van der Waals surface area contributed by atoms with Crippen LogP contribution in [0.25, 0.3) is 11.0 Å². The van der Waals surface area contributed by atoms with Crippen molar-refractivity contribution in [2.24, 2.45) is 10.8 Å². The van der Waals surface area contributed by atoms with Gasteiger partial charge in [-0.15, -0.1) is 0 Å².